The molecule has 1 saturated heterocycles. The number of rotatable bonds is 2. The van der Waals surface area contributed by atoms with Crippen molar-refractivity contribution in [3.8, 4) is 0 Å². The molecule has 0 atom stereocenters. The Labute approximate surface area is 90.0 Å². The molecule has 2 fully saturated rings. The van der Waals surface area contributed by atoms with Crippen molar-refractivity contribution >= 4 is 15.8 Å². The average Bonchev–Trinajstić information content (AvgIpc) is 2.17. The van der Waals surface area contributed by atoms with E-state index in [1.54, 1.807) is 0 Å². The molecular formula is C10H15NO3S. The molecule has 0 aromatic carbocycles. The van der Waals surface area contributed by atoms with Crippen molar-refractivity contribution < 1.29 is 13.2 Å². The van der Waals surface area contributed by atoms with Gasteiger partial charge in [-0.2, -0.15) is 4.31 Å². The average molecular weight is 229 g/mol. The maximum absolute atomic E-state index is 11.5. The van der Waals surface area contributed by atoms with Crippen molar-refractivity contribution in [3.05, 3.63) is 12.0 Å². The van der Waals surface area contributed by atoms with Gasteiger partial charge in [0.05, 0.1) is 0 Å². The van der Waals surface area contributed by atoms with Crippen molar-refractivity contribution in [2.45, 2.75) is 25.7 Å². The van der Waals surface area contributed by atoms with Gasteiger partial charge in [0, 0.05) is 31.3 Å². The lowest BCUT2D eigenvalue weighted by molar-refractivity contribution is -0.134. The normalized spacial score (nSPS) is 26.3. The Morgan fingerprint density at radius 1 is 1.27 bits per heavy atom. The molecular weight excluding hydrogens is 214 g/mol. The summed E-state index contributed by atoms with van der Waals surface area (Å²) < 4.78 is 24.4. The second-order valence-corrected chi connectivity index (χ2v) is 6.38. The molecule has 0 radical (unpaired) electrons. The third kappa shape index (κ3) is 1.86. The standard InChI is InChI=1S/C10H15NO3S/c1-2-15(13,14)11-5-3-10(4-6-11)7-9(12)8-10/h2H,1,3-8H2. The van der Waals surface area contributed by atoms with Crippen LogP contribution in [0.3, 0.4) is 0 Å². The lowest BCUT2D eigenvalue weighted by Gasteiger charge is -2.46. The van der Waals surface area contributed by atoms with Crippen molar-refractivity contribution in [2.24, 2.45) is 5.41 Å². The second-order valence-electron chi connectivity index (χ2n) is 4.50. The van der Waals surface area contributed by atoms with Crippen LogP contribution >= 0.6 is 0 Å². The summed E-state index contributed by atoms with van der Waals surface area (Å²) >= 11 is 0. The van der Waals surface area contributed by atoms with Gasteiger partial charge in [-0.05, 0) is 18.3 Å². The quantitative estimate of drug-likeness (QED) is 0.707. The summed E-state index contributed by atoms with van der Waals surface area (Å²) in [5.41, 5.74) is 0.129. The Balaban J connectivity index is 1.99. The van der Waals surface area contributed by atoms with Gasteiger partial charge in [-0.25, -0.2) is 8.42 Å². The molecule has 1 aliphatic heterocycles. The molecule has 0 bridgehead atoms. The van der Waals surface area contributed by atoms with Gasteiger partial charge in [-0.1, -0.05) is 6.58 Å². The molecule has 84 valence electrons. The summed E-state index contributed by atoms with van der Waals surface area (Å²) in [5.74, 6) is 0.315. The van der Waals surface area contributed by atoms with Crippen LogP contribution in [0.5, 0.6) is 0 Å². The smallest absolute Gasteiger partial charge is 0.235 e. The van der Waals surface area contributed by atoms with Crippen LogP contribution in [0.25, 0.3) is 0 Å². The van der Waals surface area contributed by atoms with Crippen LogP contribution in [0, 0.1) is 5.41 Å². The summed E-state index contributed by atoms with van der Waals surface area (Å²) in [4.78, 5) is 11.0. The zero-order valence-corrected chi connectivity index (χ0v) is 9.42. The number of hydrogen-bond acceptors (Lipinski definition) is 3. The van der Waals surface area contributed by atoms with Crippen molar-refractivity contribution in [1.29, 1.82) is 0 Å². The first-order chi connectivity index (χ1) is 6.97. The molecule has 15 heavy (non-hydrogen) atoms. The first-order valence-corrected chi connectivity index (χ1v) is 6.62. The highest BCUT2D eigenvalue weighted by atomic mass is 32.2. The molecule has 1 heterocycles. The van der Waals surface area contributed by atoms with Crippen LogP contribution < -0.4 is 0 Å². The van der Waals surface area contributed by atoms with E-state index in [9.17, 15) is 13.2 Å². The molecule has 0 amide bonds. The van der Waals surface area contributed by atoms with Crippen LogP contribution in [-0.2, 0) is 14.8 Å². The summed E-state index contributed by atoms with van der Waals surface area (Å²) in [6, 6.07) is 0. The van der Waals surface area contributed by atoms with Gasteiger partial charge in [-0.15, -0.1) is 0 Å². The molecule has 0 aromatic rings. The van der Waals surface area contributed by atoms with Gasteiger partial charge in [0.1, 0.15) is 5.78 Å². The van der Waals surface area contributed by atoms with Gasteiger partial charge >= 0.3 is 0 Å². The minimum atomic E-state index is -3.26. The lowest BCUT2D eigenvalue weighted by atomic mass is 9.63. The highest BCUT2D eigenvalue weighted by molar-refractivity contribution is 7.92. The fraction of sp³-hybridized carbons (Fsp3) is 0.700. The molecule has 2 aliphatic rings. The largest absolute Gasteiger partial charge is 0.300 e. The van der Waals surface area contributed by atoms with Crippen LogP contribution in [0.1, 0.15) is 25.7 Å². The number of nitrogens with zero attached hydrogens (tertiary/aromatic N) is 1. The first-order valence-electron chi connectivity index (χ1n) is 5.12. The Kier molecular flexibility index (Phi) is 2.47. The van der Waals surface area contributed by atoms with E-state index < -0.39 is 10.0 Å². The first kappa shape index (κ1) is 10.8. The topological polar surface area (TPSA) is 54.5 Å². The zero-order chi connectivity index (χ0) is 11.1. The lowest BCUT2D eigenvalue weighted by Crippen LogP contribution is -2.48. The monoisotopic (exact) mass is 229 g/mol. The maximum Gasteiger partial charge on any atom is 0.235 e. The third-order valence-electron chi connectivity index (χ3n) is 3.50. The second kappa shape index (κ2) is 3.42. The van der Waals surface area contributed by atoms with Crippen LogP contribution in [0.15, 0.2) is 12.0 Å². The van der Waals surface area contributed by atoms with E-state index in [1.807, 2.05) is 0 Å². The Morgan fingerprint density at radius 3 is 2.20 bits per heavy atom. The molecule has 0 unspecified atom stereocenters. The van der Waals surface area contributed by atoms with Crippen molar-refractivity contribution in [2.75, 3.05) is 13.1 Å². The molecule has 2 rings (SSSR count). The minimum Gasteiger partial charge on any atom is -0.300 e. The minimum absolute atomic E-state index is 0.129. The van der Waals surface area contributed by atoms with E-state index >= 15 is 0 Å². The van der Waals surface area contributed by atoms with Crippen molar-refractivity contribution in [1.82, 2.24) is 4.31 Å². The van der Waals surface area contributed by atoms with E-state index in [0.29, 0.717) is 31.7 Å². The fourth-order valence-corrected chi connectivity index (χ4v) is 3.36. The van der Waals surface area contributed by atoms with Crippen LogP contribution in [0.2, 0.25) is 0 Å². The SMILES string of the molecule is C=CS(=O)(=O)N1CCC2(CC1)CC(=O)C2. The number of piperidine rings is 1. The molecule has 1 spiro atoms. The highest BCUT2D eigenvalue weighted by Gasteiger charge is 2.46. The highest BCUT2D eigenvalue weighted by Crippen LogP contribution is 2.46. The molecule has 5 heteroatoms. The summed E-state index contributed by atoms with van der Waals surface area (Å²) in [6.45, 7) is 4.37. The van der Waals surface area contributed by atoms with E-state index in [4.69, 9.17) is 0 Å². The number of carbonyl (C=O) groups is 1. The van der Waals surface area contributed by atoms with Gasteiger partial charge in [0.15, 0.2) is 0 Å². The summed E-state index contributed by atoms with van der Waals surface area (Å²) in [7, 11) is -3.26. The summed E-state index contributed by atoms with van der Waals surface area (Å²) in [6.07, 6.45) is 2.92. The molecule has 4 nitrogen and oxygen atoms in total. The fourth-order valence-electron chi connectivity index (χ4n) is 2.46. The third-order valence-corrected chi connectivity index (χ3v) is 5.00. The van der Waals surface area contributed by atoms with E-state index in [1.165, 1.54) is 4.31 Å². The van der Waals surface area contributed by atoms with Gasteiger partial charge < -0.3 is 0 Å². The Hall–Kier alpha value is -0.680. The predicted octanol–water partition coefficient (Wildman–Crippen LogP) is 0.905. The van der Waals surface area contributed by atoms with Gasteiger partial charge in [-0.3, -0.25) is 4.79 Å². The summed E-state index contributed by atoms with van der Waals surface area (Å²) in [5, 5.41) is 0.997. The predicted molar refractivity (Wildman–Crippen MR) is 56.6 cm³/mol. The van der Waals surface area contributed by atoms with Crippen molar-refractivity contribution in [3.63, 3.8) is 0 Å². The number of hydrogen-bond donors (Lipinski definition) is 0. The van der Waals surface area contributed by atoms with Crippen LogP contribution in [-0.4, -0.2) is 31.6 Å². The number of sulfonamides is 1. The number of carbonyl (C=O) groups excluding carboxylic acids is 1. The van der Waals surface area contributed by atoms with Gasteiger partial charge in [0.2, 0.25) is 10.0 Å². The van der Waals surface area contributed by atoms with E-state index in [-0.39, 0.29) is 5.41 Å². The molecule has 1 aliphatic carbocycles. The van der Waals surface area contributed by atoms with E-state index in [0.717, 1.165) is 18.2 Å². The number of Topliss-reactive ketones (excluding diaryl/α,β-unsaturated/α-hetero) is 1. The molecule has 0 N–H and O–H groups in total. The Morgan fingerprint density at radius 2 is 1.80 bits per heavy atom. The Bertz CT molecular complexity index is 381. The number of ketones is 1. The molecule has 1 saturated carbocycles. The molecule has 0 aromatic heterocycles. The maximum atomic E-state index is 11.5. The van der Waals surface area contributed by atoms with E-state index in [2.05, 4.69) is 6.58 Å². The zero-order valence-electron chi connectivity index (χ0n) is 8.61. The van der Waals surface area contributed by atoms with Gasteiger partial charge in [0.25, 0.3) is 0 Å². The van der Waals surface area contributed by atoms with Crippen LogP contribution in [0.4, 0.5) is 0 Å².